The summed E-state index contributed by atoms with van der Waals surface area (Å²) in [4.78, 5) is 35.2. The summed E-state index contributed by atoms with van der Waals surface area (Å²) in [5, 5.41) is 2.79. The van der Waals surface area contributed by atoms with E-state index in [0.717, 1.165) is 0 Å². The van der Waals surface area contributed by atoms with Crippen molar-refractivity contribution >= 4 is 34.9 Å². The molecule has 0 spiro atoms. The number of halogens is 1. The minimum atomic E-state index is -0.689. The second-order valence-electron chi connectivity index (χ2n) is 4.71. The second-order valence-corrected chi connectivity index (χ2v) is 5.11. The van der Waals surface area contributed by atoms with E-state index in [-0.39, 0.29) is 16.4 Å². The number of hydrogen-bond acceptors (Lipinski definition) is 4. The molecule has 1 amide bonds. The van der Waals surface area contributed by atoms with Crippen LogP contribution in [0.4, 0.5) is 5.69 Å². The highest BCUT2D eigenvalue weighted by Gasteiger charge is 2.14. The van der Waals surface area contributed by atoms with Crippen molar-refractivity contribution < 1.29 is 19.1 Å². The lowest BCUT2D eigenvalue weighted by Gasteiger charge is -2.09. The van der Waals surface area contributed by atoms with E-state index in [0.29, 0.717) is 11.3 Å². The average Bonchev–Trinajstić information content (AvgIpc) is 2.53. The molecular formula is C17H14ClNO4. The molecule has 0 heterocycles. The topological polar surface area (TPSA) is 72.5 Å². The fraction of sp³-hybridized carbons (Fsp3) is 0.118. The molecule has 0 fully saturated rings. The van der Waals surface area contributed by atoms with Crippen LogP contribution in [-0.2, 0) is 9.53 Å². The van der Waals surface area contributed by atoms with E-state index in [1.165, 1.54) is 13.0 Å². The number of esters is 1. The summed E-state index contributed by atoms with van der Waals surface area (Å²) in [5.41, 5.74) is 0.947. The van der Waals surface area contributed by atoms with Crippen molar-refractivity contribution in [3.05, 3.63) is 64.7 Å². The van der Waals surface area contributed by atoms with Gasteiger partial charge in [-0.3, -0.25) is 9.59 Å². The molecule has 0 unspecified atom stereocenters. The smallest absolute Gasteiger partial charge is 0.340 e. The molecule has 5 nitrogen and oxygen atoms in total. The monoisotopic (exact) mass is 331 g/mol. The third-order valence-corrected chi connectivity index (χ3v) is 3.34. The summed E-state index contributed by atoms with van der Waals surface area (Å²) in [5.74, 6) is -1.40. The second kappa shape index (κ2) is 7.56. The zero-order valence-electron chi connectivity index (χ0n) is 12.3. The maximum Gasteiger partial charge on any atom is 0.340 e. The summed E-state index contributed by atoms with van der Waals surface area (Å²) >= 11 is 5.88. The highest BCUT2D eigenvalue weighted by molar-refractivity contribution is 6.33. The standard InChI is InChI=1S/C17H14ClNO4/c1-11(20)12-6-3-5-9-15(12)19-16(21)10-23-17(22)13-7-2-4-8-14(13)18/h2-9H,10H2,1H3,(H,19,21). The number of carbonyl (C=O) groups is 3. The van der Waals surface area contributed by atoms with Crippen LogP contribution in [0, 0.1) is 0 Å². The quantitative estimate of drug-likeness (QED) is 0.673. The maximum absolute atomic E-state index is 11.9. The first-order valence-corrected chi connectivity index (χ1v) is 7.18. The summed E-state index contributed by atoms with van der Waals surface area (Å²) in [6.45, 7) is 0.929. The molecule has 0 bridgehead atoms. The van der Waals surface area contributed by atoms with Gasteiger partial charge in [0.15, 0.2) is 12.4 Å². The van der Waals surface area contributed by atoms with Gasteiger partial charge in [0.25, 0.3) is 5.91 Å². The number of carbonyl (C=O) groups excluding carboxylic acids is 3. The predicted octanol–water partition coefficient (Wildman–Crippen LogP) is 3.34. The number of rotatable bonds is 5. The molecule has 2 aromatic rings. The van der Waals surface area contributed by atoms with E-state index < -0.39 is 18.5 Å². The van der Waals surface area contributed by atoms with Crippen LogP contribution in [0.1, 0.15) is 27.6 Å². The number of para-hydroxylation sites is 1. The Hall–Kier alpha value is -2.66. The molecular weight excluding hydrogens is 318 g/mol. The average molecular weight is 332 g/mol. The summed E-state index contributed by atoms with van der Waals surface area (Å²) in [7, 11) is 0. The number of Topliss-reactive ketones (excluding diaryl/α,β-unsaturated/α-hetero) is 1. The van der Waals surface area contributed by atoms with Gasteiger partial charge in [0.2, 0.25) is 0 Å². The van der Waals surface area contributed by atoms with Crippen LogP contribution in [-0.4, -0.2) is 24.3 Å². The first-order valence-electron chi connectivity index (χ1n) is 6.80. The molecule has 118 valence electrons. The van der Waals surface area contributed by atoms with Crippen molar-refractivity contribution in [1.82, 2.24) is 0 Å². The molecule has 0 aliphatic carbocycles. The predicted molar refractivity (Wildman–Crippen MR) is 86.8 cm³/mol. The van der Waals surface area contributed by atoms with Crippen LogP contribution in [0.5, 0.6) is 0 Å². The SMILES string of the molecule is CC(=O)c1ccccc1NC(=O)COC(=O)c1ccccc1Cl. The van der Waals surface area contributed by atoms with Crippen molar-refractivity contribution in [2.75, 3.05) is 11.9 Å². The number of ether oxygens (including phenoxy) is 1. The fourth-order valence-electron chi connectivity index (χ4n) is 1.92. The first-order chi connectivity index (χ1) is 11.0. The van der Waals surface area contributed by atoms with Gasteiger partial charge in [-0.15, -0.1) is 0 Å². The number of ketones is 1. The maximum atomic E-state index is 11.9. The largest absolute Gasteiger partial charge is 0.452 e. The van der Waals surface area contributed by atoms with Gasteiger partial charge in [-0.05, 0) is 31.2 Å². The summed E-state index contributed by atoms with van der Waals surface area (Å²) < 4.78 is 4.92. The van der Waals surface area contributed by atoms with Crippen LogP contribution >= 0.6 is 11.6 Å². The van der Waals surface area contributed by atoms with Gasteiger partial charge < -0.3 is 10.1 Å². The van der Waals surface area contributed by atoms with E-state index in [1.54, 1.807) is 42.5 Å². The Morgan fingerprint density at radius 3 is 2.26 bits per heavy atom. The van der Waals surface area contributed by atoms with Crippen molar-refractivity contribution in [1.29, 1.82) is 0 Å². The van der Waals surface area contributed by atoms with E-state index >= 15 is 0 Å². The van der Waals surface area contributed by atoms with Crippen LogP contribution in [0.3, 0.4) is 0 Å². The molecule has 6 heteroatoms. The molecule has 0 aromatic heterocycles. The van der Waals surface area contributed by atoms with Crippen molar-refractivity contribution in [3.8, 4) is 0 Å². The Kier molecular flexibility index (Phi) is 5.49. The third kappa shape index (κ3) is 4.40. The van der Waals surface area contributed by atoms with Gasteiger partial charge in [-0.2, -0.15) is 0 Å². The molecule has 0 saturated carbocycles. The highest BCUT2D eigenvalue weighted by atomic mass is 35.5. The van der Waals surface area contributed by atoms with E-state index in [2.05, 4.69) is 5.32 Å². The number of amides is 1. The minimum Gasteiger partial charge on any atom is -0.452 e. The van der Waals surface area contributed by atoms with Crippen LogP contribution in [0.2, 0.25) is 5.02 Å². The molecule has 23 heavy (non-hydrogen) atoms. The molecule has 0 radical (unpaired) electrons. The van der Waals surface area contributed by atoms with Crippen molar-refractivity contribution in [2.45, 2.75) is 6.92 Å². The highest BCUT2D eigenvalue weighted by Crippen LogP contribution is 2.17. The van der Waals surface area contributed by atoms with Crippen molar-refractivity contribution in [2.24, 2.45) is 0 Å². The van der Waals surface area contributed by atoms with Crippen LogP contribution < -0.4 is 5.32 Å². The van der Waals surface area contributed by atoms with Gasteiger partial charge in [0, 0.05) is 5.56 Å². The summed E-state index contributed by atoms with van der Waals surface area (Å²) in [6, 6.07) is 13.0. The van der Waals surface area contributed by atoms with Gasteiger partial charge in [0.1, 0.15) is 0 Å². The Labute approximate surface area is 138 Å². The van der Waals surface area contributed by atoms with E-state index in [1.807, 2.05) is 0 Å². The molecule has 0 aliphatic heterocycles. The van der Waals surface area contributed by atoms with E-state index in [4.69, 9.17) is 16.3 Å². The Morgan fingerprint density at radius 2 is 1.61 bits per heavy atom. The fourth-order valence-corrected chi connectivity index (χ4v) is 2.13. The molecule has 1 N–H and O–H groups in total. The molecule has 2 rings (SSSR count). The lowest BCUT2D eigenvalue weighted by atomic mass is 10.1. The van der Waals surface area contributed by atoms with Crippen LogP contribution in [0.25, 0.3) is 0 Å². The van der Waals surface area contributed by atoms with Gasteiger partial charge >= 0.3 is 5.97 Å². The number of nitrogens with one attached hydrogen (secondary N) is 1. The van der Waals surface area contributed by atoms with Gasteiger partial charge in [-0.25, -0.2) is 4.79 Å². The first kappa shape index (κ1) is 16.7. The lowest BCUT2D eigenvalue weighted by molar-refractivity contribution is -0.119. The minimum absolute atomic E-state index is 0.172. The number of anilines is 1. The Morgan fingerprint density at radius 1 is 1.00 bits per heavy atom. The molecule has 0 saturated heterocycles. The normalized spacial score (nSPS) is 10.0. The lowest BCUT2D eigenvalue weighted by Crippen LogP contribution is -2.22. The summed E-state index contributed by atoms with van der Waals surface area (Å²) in [6.07, 6.45) is 0. The van der Waals surface area contributed by atoms with Gasteiger partial charge in [-0.1, -0.05) is 35.9 Å². The van der Waals surface area contributed by atoms with Crippen molar-refractivity contribution in [3.63, 3.8) is 0 Å². The zero-order chi connectivity index (χ0) is 16.8. The van der Waals surface area contributed by atoms with E-state index in [9.17, 15) is 14.4 Å². The van der Waals surface area contributed by atoms with Crippen LogP contribution in [0.15, 0.2) is 48.5 Å². The van der Waals surface area contributed by atoms with Gasteiger partial charge in [0.05, 0.1) is 16.3 Å². The molecule has 0 atom stereocenters. The Bertz CT molecular complexity index is 758. The number of benzene rings is 2. The zero-order valence-corrected chi connectivity index (χ0v) is 13.1. The Balaban J connectivity index is 1.97. The third-order valence-electron chi connectivity index (χ3n) is 3.01. The molecule has 0 aliphatic rings. The molecule has 2 aromatic carbocycles. The number of hydrogen-bond donors (Lipinski definition) is 1.